The average Bonchev–Trinajstić information content (AvgIpc) is 3.29. The Morgan fingerprint density at radius 3 is 2.77 bits per heavy atom. The molecular weight excluding hydrogens is 400 g/mol. The van der Waals surface area contributed by atoms with E-state index in [-0.39, 0.29) is 12.0 Å². The third-order valence-electron chi connectivity index (χ3n) is 6.61. The number of rotatable bonds is 11. The zero-order chi connectivity index (χ0) is 21.4. The number of aliphatic hydroxyl groups is 1. The van der Waals surface area contributed by atoms with E-state index in [2.05, 4.69) is 26.0 Å². The summed E-state index contributed by atoms with van der Waals surface area (Å²) in [6.45, 7) is 5.97. The van der Waals surface area contributed by atoms with Crippen molar-refractivity contribution < 1.29 is 19.3 Å². The Hall–Kier alpha value is -1.07. The Bertz CT molecular complexity index is 671. The van der Waals surface area contributed by atoms with Gasteiger partial charge in [-0.15, -0.1) is 0 Å². The topological polar surface area (TPSA) is 47.9 Å². The molecule has 1 aromatic carbocycles. The van der Waals surface area contributed by atoms with Crippen molar-refractivity contribution in [3.8, 4) is 5.75 Å². The van der Waals surface area contributed by atoms with Crippen LogP contribution in [-0.2, 0) is 9.47 Å². The van der Waals surface area contributed by atoms with E-state index in [9.17, 15) is 5.11 Å². The summed E-state index contributed by atoms with van der Waals surface area (Å²) in [6, 6.07) is 7.38. The fourth-order valence-electron chi connectivity index (χ4n) is 4.88. The fraction of sp³-hybridized carbons (Fsp3) is 0.680. The van der Waals surface area contributed by atoms with Crippen molar-refractivity contribution >= 4 is 11.6 Å². The first-order chi connectivity index (χ1) is 14.5. The molecule has 5 heteroatoms. The van der Waals surface area contributed by atoms with Crippen LogP contribution in [0, 0.1) is 17.8 Å². The van der Waals surface area contributed by atoms with E-state index in [1.54, 1.807) is 6.07 Å². The molecule has 4 atom stereocenters. The lowest BCUT2D eigenvalue weighted by atomic mass is 9.83. The predicted octanol–water partition coefficient (Wildman–Crippen LogP) is 6.01. The maximum absolute atomic E-state index is 10.7. The van der Waals surface area contributed by atoms with Gasteiger partial charge in [0.25, 0.3) is 0 Å². The van der Waals surface area contributed by atoms with Crippen LogP contribution in [0.1, 0.15) is 58.8 Å². The zero-order valence-electron chi connectivity index (χ0n) is 18.4. The van der Waals surface area contributed by atoms with E-state index < -0.39 is 5.79 Å². The molecule has 3 rings (SSSR count). The number of aliphatic hydroxyl groups excluding tert-OH is 1. The van der Waals surface area contributed by atoms with Gasteiger partial charge in [0, 0.05) is 11.4 Å². The normalized spacial score (nSPS) is 28.4. The van der Waals surface area contributed by atoms with Crippen molar-refractivity contribution in [2.75, 3.05) is 19.8 Å². The lowest BCUT2D eigenvalue weighted by Crippen LogP contribution is -2.38. The largest absolute Gasteiger partial charge is 0.488 e. The number of hydrogen-bond acceptors (Lipinski definition) is 4. The highest BCUT2D eigenvalue weighted by atomic mass is 35.5. The minimum Gasteiger partial charge on any atom is -0.488 e. The van der Waals surface area contributed by atoms with Gasteiger partial charge in [-0.25, -0.2) is 0 Å². The number of allylic oxidation sites excluding steroid dienone is 2. The monoisotopic (exact) mass is 436 g/mol. The number of benzene rings is 1. The highest BCUT2D eigenvalue weighted by Gasteiger charge is 2.43. The van der Waals surface area contributed by atoms with Gasteiger partial charge < -0.3 is 19.3 Å². The van der Waals surface area contributed by atoms with E-state index in [4.69, 9.17) is 25.8 Å². The Labute approximate surface area is 186 Å². The molecule has 1 aliphatic heterocycles. The fourth-order valence-corrected chi connectivity index (χ4v) is 5.06. The van der Waals surface area contributed by atoms with Crippen molar-refractivity contribution in [1.82, 2.24) is 0 Å². The van der Waals surface area contributed by atoms with Gasteiger partial charge in [-0.05, 0) is 61.6 Å². The Balaban J connectivity index is 1.57. The summed E-state index contributed by atoms with van der Waals surface area (Å²) in [5.41, 5.74) is 0. The predicted molar refractivity (Wildman–Crippen MR) is 121 cm³/mol. The highest BCUT2D eigenvalue weighted by Crippen LogP contribution is 2.43. The average molecular weight is 437 g/mol. The molecular formula is C25H37ClO4. The summed E-state index contributed by atoms with van der Waals surface area (Å²) in [6.07, 6.45) is 11.5. The molecule has 0 aromatic heterocycles. The maximum Gasteiger partial charge on any atom is 0.203 e. The molecule has 1 aromatic rings. The third kappa shape index (κ3) is 6.46. The Kier molecular flexibility index (Phi) is 9.06. The van der Waals surface area contributed by atoms with Gasteiger partial charge in [-0.2, -0.15) is 0 Å². The Morgan fingerprint density at radius 1 is 1.23 bits per heavy atom. The van der Waals surface area contributed by atoms with Crippen LogP contribution < -0.4 is 4.74 Å². The van der Waals surface area contributed by atoms with Crippen molar-refractivity contribution in [2.45, 2.75) is 70.7 Å². The first kappa shape index (κ1) is 23.6. The third-order valence-corrected chi connectivity index (χ3v) is 6.85. The number of hydrogen-bond donors (Lipinski definition) is 1. The summed E-state index contributed by atoms with van der Waals surface area (Å²) >= 11 is 6.06. The maximum atomic E-state index is 10.7. The van der Waals surface area contributed by atoms with Crippen LogP contribution in [-0.4, -0.2) is 36.8 Å². The molecule has 1 N–H and O–H groups in total. The minimum absolute atomic E-state index is 0.249. The molecule has 1 saturated carbocycles. The van der Waals surface area contributed by atoms with Crippen LogP contribution >= 0.6 is 11.6 Å². The quantitative estimate of drug-likeness (QED) is 0.340. The lowest BCUT2D eigenvalue weighted by molar-refractivity contribution is -0.185. The summed E-state index contributed by atoms with van der Waals surface area (Å²) in [5.74, 6) is 1.28. The second kappa shape index (κ2) is 11.5. The van der Waals surface area contributed by atoms with Gasteiger partial charge in [0.15, 0.2) is 0 Å². The molecule has 0 bridgehead atoms. The number of halogens is 1. The first-order valence-electron chi connectivity index (χ1n) is 11.5. The zero-order valence-corrected chi connectivity index (χ0v) is 19.2. The van der Waals surface area contributed by atoms with Crippen LogP contribution in [0.3, 0.4) is 0 Å². The number of ether oxygens (including phenoxy) is 3. The summed E-state index contributed by atoms with van der Waals surface area (Å²) < 4.78 is 18.0. The van der Waals surface area contributed by atoms with Gasteiger partial charge in [-0.1, -0.05) is 56.5 Å². The molecule has 2 aliphatic rings. The molecule has 168 valence electrons. The van der Waals surface area contributed by atoms with Gasteiger partial charge >= 0.3 is 0 Å². The van der Waals surface area contributed by atoms with Gasteiger partial charge in [0.05, 0.1) is 19.3 Å². The van der Waals surface area contributed by atoms with Gasteiger partial charge in [0.1, 0.15) is 12.4 Å². The van der Waals surface area contributed by atoms with Gasteiger partial charge in [0.2, 0.25) is 5.79 Å². The number of unbranched alkanes of at least 4 members (excludes halogenated alkanes) is 2. The van der Waals surface area contributed by atoms with Crippen molar-refractivity contribution in [3.05, 3.63) is 41.4 Å². The highest BCUT2D eigenvalue weighted by molar-refractivity contribution is 6.30. The van der Waals surface area contributed by atoms with E-state index in [0.29, 0.717) is 42.4 Å². The van der Waals surface area contributed by atoms with Crippen LogP contribution in [0.5, 0.6) is 5.75 Å². The minimum atomic E-state index is -0.741. The summed E-state index contributed by atoms with van der Waals surface area (Å²) in [7, 11) is 0. The van der Waals surface area contributed by atoms with Crippen molar-refractivity contribution in [2.24, 2.45) is 17.8 Å². The van der Waals surface area contributed by atoms with E-state index in [1.165, 1.54) is 12.8 Å². The lowest BCUT2D eigenvalue weighted by Gasteiger charge is -2.31. The molecule has 0 radical (unpaired) electrons. The second-order valence-electron chi connectivity index (χ2n) is 8.85. The summed E-state index contributed by atoms with van der Waals surface area (Å²) in [4.78, 5) is 0. The van der Waals surface area contributed by atoms with Crippen LogP contribution in [0.4, 0.5) is 0 Å². The van der Waals surface area contributed by atoms with Gasteiger partial charge in [-0.3, -0.25) is 0 Å². The van der Waals surface area contributed by atoms with E-state index >= 15 is 0 Å². The first-order valence-corrected chi connectivity index (χ1v) is 11.9. The molecule has 0 unspecified atom stereocenters. The van der Waals surface area contributed by atoms with Crippen LogP contribution in [0.15, 0.2) is 36.4 Å². The summed E-state index contributed by atoms with van der Waals surface area (Å²) in [5, 5.41) is 11.4. The standard InChI is InChI=1S/C25H37ClO4/c1-3-4-5-6-7-11-22-19(2)16-24(27)23(22)12-13-25(29-14-15-30-25)18-28-21-10-8-9-20(26)17-21/h6-10,17,19,22-24,27H,3-5,11-16,18H2,1-2H3/b7-6-/t19-,22-,23+,24+/m0/s1. The molecule has 2 fully saturated rings. The Morgan fingerprint density at radius 2 is 2.03 bits per heavy atom. The smallest absolute Gasteiger partial charge is 0.203 e. The molecule has 0 amide bonds. The van der Waals surface area contributed by atoms with E-state index in [1.807, 2.05) is 18.2 Å². The molecule has 1 heterocycles. The van der Waals surface area contributed by atoms with Crippen molar-refractivity contribution in [3.63, 3.8) is 0 Å². The second-order valence-corrected chi connectivity index (χ2v) is 9.29. The van der Waals surface area contributed by atoms with E-state index in [0.717, 1.165) is 32.1 Å². The van der Waals surface area contributed by atoms with Crippen LogP contribution in [0.25, 0.3) is 0 Å². The SMILES string of the molecule is CCCC/C=C\C[C@@H]1[C@@H](CCC2(COc3cccc(Cl)c3)OCCO2)[C@H](O)C[C@@H]1C. The molecule has 0 spiro atoms. The molecule has 4 nitrogen and oxygen atoms in total. The van der Waals surface area contributed by atoms with Crippen molar-refractivity contribution in [1.29, 1.82) is 0 Å². The molecule has 1 saturated heterocycles. The van der Waals surface area contributed by atoms with Crippen LogP contribution in [0.2, 0.25) is 5.02 Å². The molecule has 1 aliphatic carbocycles. The molecule has 30 heavy (non-hydrogen) atoms.